The Labute approximate surface area is 103 Å². The van der Waals surface area contributed by atoms with Gasteiger partial charge in [-0.1, -0.05) is 0 Å². The van der Waals surface area contributed by atoms with Crippen LogP contribution in [0.2, 0.25) is 0 Å². The Hall–Kier alpha value is -0.780. The molecule has 0 aromatic carbocycles. The number of likely N-dealkylation sites (tertiary alicyclic amines) is 1. The average Bonchev–Trinajstić information content (AvgIpc) is 2.23. The van der Waals surface area contributed by atoms with Crippen LogP contribution in [0.15, 0.2) is 0 Å². The number of amides is 2. The van der Waals surface area contributed by atoms with E-state index >= 15 is 0 Å². The van der Waals surface area contributed by atoms with Gasteiger partial charge in [-0.2, -0.15) is 0 Å². The van der Waals surface area contributed by atoms with Crippen LogP contribution in [0, 0.1) is 0 Å². The maximum Gasteiger partial charge on any atom is 0.317 e. The summed E-state index contributed by atoms with van der Waals surface area (Å²) in [5, 5.41) is 2.78. The van der Waals surface area contributed by atoms with Gasteiger partial charge in [-0.15, -0.1) is 0 Å². The topological polar surface area (TPSA) is 66.5 Å². The molecule has 1 rings (SSSR count). The molecular weight excluding hydrogens is 240 g/mol. The number of hydrogen-bond donors (Lipinski definition) is 1. The zero-order valence-electron chi connectivity index (χ0n) is 10.6. The molecule has 0 radical (unpaired) electrons. The first-order valence-electron chi connectivity index (χ1n) is 6.12. The molecule has 0 bridgehead atoms. The van der Waals surface area contributed by atoms with Gasteiger partial charge in [-0.05, 0) is 32.6 Å². The third-order valence-electron chi connectivity index (χ3n) is 3.03. The number of rotatable bonds is 4. The molecule has 100 valence electrons. The van der Waals surface area contributed by atoms with E-state index in [1.165, 1.54) is 12.7 Å². The maximum absolute atomic E-state index is 11.8. The van der Waals surface area contributed by atoms with Crippen molar-refractivity contribution in [3.8, 4) is 0 Å². The van der Waals surface area contributed by atoms with Gasteiger partial charge in [0, 0.05) is 25.4 Å². The first kappa shape index (κ1) is 14.3. The third-order valence-corrected chi connectivity index (χ3v) is 4.06. The van der Waals surface area contributed by atoms with Crippen LogP contribution in [0.1, 0.15) is 32.6 Å². The van der Waals surface area contributed by atoms with Crippen LogP contribution in [0.4, 0.5) is 4.79 Å². The molecule has 6 heteroatoms. The normalized spacial score (nSPS) is 21.3. The second-order valence-corrected chi connectivity index (χ2v) is 7.01. The van der Waals surface area contributed by atoms with Crippen LogP contribution >= 0.6 is 0 Å². The van der Waals surface area contributed by atoms with Gasteiger partial charge < -0.3 is 10.2 Å². The minimum absolute atomic E-state index is 0.0642. The Kier molecular flexibility index (Phi) is 5.24. The van der Waals surface area contributed by atoms with Gasteiger partial charge in [-0.3, -0.25) is 0 Å². The van der Waals surface area contributed by atoms with Crippen molar-refractivity contribution in [2.75, 3.05) is 25.1 Å². The number of carbonyl (C=O) groups is 1. The predicted octanol–water partition coefficient (Wildman–Crippen LogP) is 1.01. The summed E-state index contributed by atoms with van der Waals surface area (Å²) in [6.45, 7) is 3.28. The van der Waals surface area contributed by atoms with Crippen LogP contribution in [-0.2, 0) is 9.84 Å². The summed E-state index contributed by atoms with van der Waals surface area (Å²) in [5.74, 6) is 0.128. The Bertz CT molecular complexity index is 354. The van der Waals surface area contributed by atoms with Gasteiger partial charge in [-0.25, -0.2) is 13.2 Å². The summed E-state index contributed by atoms with van der Waals surface area (Å²) in [4.78, 5) is 13.6. The predicted molar refractivity (Wildman–Crippen MR) is 67.7 cm³/mol. The molecule has 1 unspecified atom stereocenters. The van der Waals surface area contributed by atoms with Crippen LogP contribution in [0.5, 0.6) is 0 Å². The lowest BCUT2D eigenvalue weighted by Crippen LogP contribution is -2.47. The van der Waals surface area contributed by atoms with Gasteiger partial charge >= 0.3 is 6.03 Å². The molecule has 1 fully saturated rings. The van der Waals surface area contributed by atoms with Gasteiger partial charge in [0.05, 0.1) is 5.75 Å². The van der Waals surface area contributed by atoms with Crippen molar-refractivity contribution < 1.29 is 13.2 Å². The summed E-state index contributed by atoms with van der Waals surface area (Å²) in [6, 6.07) is 0.226. The summed E-state index contributed by atoms with van der Waals surface area (Å²) in [6.07, 6.45) is 4.98. The Morgan fingerprint density at radius 2 is 2.12 bits per heavy atom. The number of sulfone groups is 1. The Morgan fingerprint density at radius 3 is 2.71 bits per heavy atom. The molecule has 0 aromatic rings. The summed E-state index contributed by atoms with van der Waals surface area (Å²) in [7, 11) is -2.92. The highest BCUT2D eigenvalue weighted by Crippen LogP contribution is 2.15. The van der Waals surface area contributed by atoms with E-state index in [4.69, 9.17) is 0 Å². The van der Waals surface area contributed by atoms with E-state index in [2.05, 4.69) is 12.2 Å². The second kappa shape index (κ2) is 6.23. The summed E-state index contributed by atoms with van der Waals surface area (Å²) >= 11 is 0. The van der Waals surface area contributed by atoms with Gasteiger partial charge in [0.15, 0.2) is 0 Å². The van der Waals surface area contributed by atoms with E-state index in [1.807, 2.05) is 4.90 Å². The molecule has 1 heterocycles. The SMILES string of the molecule is CC1CCCCN1C(=O)NCCCS(C)(=O)=O. The molecule has 0 spiro atoms. The summed E-state index contributed by atoms with van der Waals surface area (Å²) < 4.78 is 21.8. The highest BCUT2D eigenvalue weighted by atomic mass is 32.2. The van der Waals surface area contributed by atoms with E-state index < -0.39 is 9.84 Å². The molecule has 1 N–H and O–H groups in total. The molecule has 17 heavy (non-hydrogen) atoms. The van der Waals surface area contributed by atoms with Crippen molar-refractivity contribution in [1.82, 2.24) is 10.2 Å². The zero-order chi connectivity index (χ0) is 12.9. The number of hydrogen-bond acceptors (Lipinski definition) is 3. The quantitative estimate of drug-likeness (QED) is 0.769. The van der Waals surface area contributed by atoms with Crippen molar-refractivity contribution in [2.45, 2.75) is 38.6 Å². The van der Waals surface area contributed by atoms with Gasteiger partial charge in [0.25, 0.3) is 0 Å². The highest BCUT2D eigenvalue weighted by Gasteiger charge is 2.22. The first-order chi connectivity index (χ1) is 7.90. The van der Waals surface area contributed by atoms with Crippen molar-refractivity contribution in [3.63, 3.8) is 0 Å². The van der Waals surface area contributed by atoms with E-state index in [0.29, 0.717) is 19.0 Å². The van der Waals surface area contributed by atoms with Crippen LogP contribution in [0.25, 0.3) is 0 Å². The Balaban J connectivity index is 2.24. The second-order valence-electron chi connectivity index (χ2n) is 4.75. The molecule has 0 aromatic heterocycles. The maximum atomic E-state index is 11.8. The minimum atomic E-state index is -2.92. The molecule has 0 aliphatic carbocycles. The fourth-order valence-electron chi connectivity index (χ4n) is 2.03. The number of nitrogens with zero attached hydrogens (tertiary/aromatic N) is 1. The van der Waals surface area contributed by atoms with E-state index in [0.717, 1.165) is 19.4 Å². The molecule has 0 saturated carbocycles. The monoisotopic (exact) mass is 262 g/mol. The minimum Gasteiger partial charge on any atom is -0.338 e. The van der Waals surface area contributed by atoms with E-state index in [9.17, 15) is 13.2 Å². The van der Waals surface area contributed by atoms with Crippen molar-refractivity contribution >= 4 is 15.9 Å². The largest absolute Gasteiger partial charge is 0.338 e. The van der Waals surface area contributed by atoms with E-state index in [-0.39, 0.29) is 11.8 Å². The molecule has 5 nitrogen and oxygen atoms in total. The summed E-state index contributed by atoms with van der Waals surface area (Å²) in [5.41, 5.74) is 0. The van der Waals surface area contributed by atoms with Gasteiger partial charge in [0.2, 0.25) is 0 Å². The number of urea groups is 1. The lowest BCUT2D eigenvalue weighted by molar-refractivity contribution is 0.158. The lowest BCUT2D eigenvalue weighted by atomic mass is 10.0. The number of carbonyl (C=O) groups excluding carboxylic acids is 1. The third kappa shape index (κ3) is 5.39. The smallest absolute Gasteiger partial charge is 0.317 e. The lowest BCUT2D eigenvalue weighted by Gasteiger charge is -2.33. The average molecular weight is 262 g/mol. The van der Waals surface area contributed by atoms with Gasteiger partial charge in [0.1, 0.15) is 9.84 Å². The van der Waals surface area contributed by atoms with Crippen molar-refractivity contribution in [1.29, 1.82) is 0 Å². The van der Waals surface area contributed by atoms with E-state index in [1.54, 1.807) is 0 Å². The molecule has 1 saturated heterocycles. The molecular formula is C11H22N2O3S. The van der Waals surface area contributed by atoms with Crippen molar-refractivity contribution in [2.24, 2.45) is 0 Å². The molecule has 2 amide bonds. The molecule has 1 aliphatic heterocycles. The Morgan fingerprint density at radius 1 is 1.41 bits per heavy atom. The van der Waals surface area contributed by atoms with Crippen LogP contribution in [-0.4, -0.2) is 50.5 Å². The number of nitrogens with one attached hydrogen (secondary N) is 1. The van der Waals surface area contributed by atoms with Crippen LogP contribution in [0.3, 0.4) is 0 Å². The molecule has 1 aliphatic rings. The fourth-order valence-corrected chi connectivity index (χ4v) is 2.70. The zero-order valence-corrected chi connectivity index (χ0v) is 11.4. The highest BCUT2D eigenvalue weighted by molar-refractivity contribution is 7.90. The fraction of sp³-hybridized carbons (Fsp3) is 0.909. The van der Waals surface area contributed by atoms with Crippen LogP contribution < -0.4 is 5.32 Å². The first-order valence-corrected chi connectivity index (χ1v) is 8.18. The van der Waals surface area contributed by atoms with Crippen molar-refractivity contribution in [3.05, 3.63) is 0 Å². The molecule has 1 atom stereocenters. The standard InChI is InChI=1S/C11H22N2O3S/c1-10-6-3-4-8-13(10)11(14)12-7-5-9-17(2,15)16/h10H,3-9H2,1-2H3,(H,12,14). The number of piperidine rings is 1.